The molecule has 15 heavy (non-hydrogen) atoms. The summed E-state index contributed by atoms with van der Waals surface area (Å²) in [6.45, 7) is 5.54. The number of hydrogen-bond donors (Lipinski definition) is 1. The molecule has 0 spiro atoms. The molecular weight excluding hydrogens is 190 g/mol. The fourth-order valence-corrected chi connectivity index (χ4v) is 1.39. The summed E-state index contributed by atoms with van der Waals surface area (Å²) in [5.74, 6) is 0.913. The molecule has 1 aromatic heterocycles. The molecule has 0 radical (unpaired) electrons. The zero-order valence-corrected chi connectivity index (χ0v) is 9.45. The van der Waals surface area contributed by atoms with Crippen molar-refractivity contribution in [2.75, 3.05) is 0 Å². The van der Waals surface area contributed by atoms with Crippen molar-refractivity contribution < 1.29 is 9.15 Å². The molecule has 0 saturated heterocycles. The molecule has 84 valence electrons. The second-order valence-corrected chi connectivity index (χ2v) is 4.44. The largest absolute Gasteiger partial charge is 0.467 e. The lowest BCUT2D eigenvalue weighted by molar-refractivity contribution is 0.0545. The van der Waals surface area contributed by atoms with E-state index in [2.05, 4.69) is 11.4 Å². The summed E-state index contributed by atoms with van der Waals surface area (Å²) in [7, 11) is 0. The van der Waals surface area contributed by atoms with Gasteiger partial charge < -0.3 is 14.5 Å². The second kappa shape index (κ2) is 4.81. The van der Waals surface area contributed by atoms with Crippen molar-refractivity contribution in [3.8, 4) is 0 Å². The van der Waals surface area contributed by atoms with Gasteiger partial charge in [0, 0.05) is 18.2 Å². The molecule has 0 atom stereocenters. The molecule has 0 amide bonds. The number of furan rings is 1. The van der Waals surface area contributed by atoms with Crippen LogP contribution in [0.3, 0.4) is 0 Å². The van der Waals surface area contributed by atoms with Gasteiger partial charge in [0.05, 0.1) is 12.4 Å². The minimum Gasteiger partial charge on any atom is -0.467 e. The highest BCUT2D eigenvalue weighted by Crippen LogP contribution is 2.19. The summed E-state index contributed by atoms with van der Waals surface area (Å²) in [6.07, 6.45) is 4.71. The van der Waals surface area contributed by atoms with Crippen LogP contribution in [-0.4, -0.2) is 12.1 Å². The standard InChI is InChI=1S/C12H19NO2/c1-9(2)14-8-12-5-10(7-15-12)6-13-11-3-4-11/h5,7,9,11,13H,3-4,6,8H2,1-2H3. The molecule has 1 aromatic rings. The van der Waals surface area contributed by atoms with Crippen molar-refractivity contribution in [2.45, 2.75) is 52.0 Å². The Morgan fingerprint density at radius 3 is 3.00 bits per heavy atom. The van der Waals surface area contributed by atoms with E-state index in [4.69, 9.17) is 9.15 Å². The lowest BCUT2D eigenvalue weighted by atomic mass is 10.3. The summed E-state index contributed by atoms with van der Waals surface area (Å²) in [5.41, 5.74) is 1.21. The number of rotatable bonds is 6. The number of ether oxygens (including phenoxy) is 1. The van der Waals surface area contributed by atoms with Gasteiger partial charge in [0.15, 0.2) is 0 Å². The quantitative estimate of drug-likeness (QED) is 0.781. The van der Waals surface area contributed by atoms with Gasteiger partial charge in [-0.3, -0.25) is 0 Å². The van der Waals surface area contributed by atoms with E-state index in [1.54, 1.807) is 0 Å². The van der Waals surface area contributed by atoms with Crippen molar-refractivity contribution in [3.63, 3.8) is 0 Å². The fourth-order valence-electron chi connectivity index (χ4n) is 1.39. The molecule has 1 heterocycles. The van der Waals surface area contributed by atoms with Crippen LogP contribution in [-0.2, 0) is 17.9 Å². The summed E-state index contributed by atoms with van der Waals surface area (Å²) < 4.78 is 10.9. The molecule has 1 fully saturated rings. The third-order valence-corrected chi connectivity index (χ3v) is 2.44. The maximum atomic E-state index is 5.46. The van der Waals surface area contributed by atoms with E-state index in [1.165, 1.54) is 18.4 Å². The Hall–Kier alpha value is -0.800. The minimum atomic E-state index is 0.253. The van der Waals surface area contributed by atoms with Gasteiger partial charge in [-0.15, -0.1) is 0 Å². The number of nitrogens with one attached hydrogen (secondary N) is 1. The van der Waals surface area contributed by atoms with Gasteiger partial charge in [-0.05, 0) is 32.8 Å². The lowest BCUT2D eigenvalue weighted by Crippen LogP contribution is -2.14. The van der Waals surface area contributed by atoms with Crippen LogP contribution in [0.5, 0.6) is 0 Å². The molecule has 1 N–H and O–H groups in total. The molecule has 0 bridgehead atoms. The molecule has 0 aromatic carbocycles. The maximum absolute atomic E-state index is 5.46. The van der Waals surface area contributed by atoms with Crippen LogP contribution in [0.15, 0.2) is 16.7 Å². The molecule has 3 nitrogen and oxygen atoms in total. The SMILES string of the molecule is CC(C)OCc1cc(CNC2CC2)co1. The molecule has 2 rings (SSSR count). The van der Waals surface area contributed by atoms with E-state index in [0.717, 1.165) is 18.3 Å². The van der Waals surface area contributed by atoms with Crippen molar-refractivity contribution in [1.82, 2.24) is 5.32 Å². The van der Waals surface area contributed by atoms with Crippen LogP contribution in [0.4, 0.5) is 0 Å². The summed E-state index contributed by atoms with van der Waals surface area (Å²) in [5, 5.41) is 3.45. The van der Waals surface area contributed by atoms with Gasteiger partial charge in [0.25, 0.3) is 0 Å². The highest BCUT2D eigenvalue weighted by Gasteiger charge is 2.20. The fraction of sp³-hybridized carbons (Fsp3) is 0.667. The smallest absolute Gasteiger partial charge is 0.129 e. The molecule has 0 aliphatic heterocycles. The van der Waals surface area contributed by atoms with Gasteiger partial charge >= 0.3 is 0 Å². The van der Waals surface area contributed by atoms with Gasteiger partial charge in [0.2, 0.25) is 0 Å². The summed E-state index contributed by atoms with van der Waals surface area (Å²) in [4.78, 5) is 0. The van der Waals surface area contributed by atoms with Gasteiger partial charge in [-0.2, -0.15) is 0 Å². The highest BCUT2D eigenvalue weighted by atomic mass is 16.5. The van der Waals surface area contributed by atoms with Crippen molar-refractivity contribution in [3.05, 3.63) is 23.7 Å². The van der Waals surface area contributed by atoms with E-state index in [9.17, 15) is 0 Å². The predicted octanol–water partition coefficient (Wildman–Crippen LogP) is 2.46. The summed E-state index contributed by atoms with van der Waals surface area (Å²) in [6, 6.07) is 2.81. The molecule has 1 aliphatic rings. The van der Waals surface area contributed by atoms with E-state index in [0.29, 0.717) is 6.61 Å². The van der Waals surface area contributed by atoms with Crippen LogP contribution in [0.25, 0.3) is 0 Å². The Bertz CT molecular complexity index is 282. The second-order valence-electron chi connectivity index (χ2n) is 4.44. The van der Waals surface area contributed by atoms with Crippen LogP contribution in [0.2, 0.25) is 0 Å². The van der Waals surface area contributed by atoms with Gasteiger partial charge in [-0.25, -0.2) is 0 Å². The first-order chi connectivity index (χ1) is 7.24. The van der Waals surface area contributed by atoms with Crippen LogP contribution >= 0.6 is 0 Å². The molecule has 0 unspecified atom stereocenters. The van der Waals surface area contributed by atoms with E-state index in [1.807, 2.05) is 20.1 Å². The Balaban J connectivity index is 1.75. The molecular formula is C12H19NO2. The zero-order chi connectivity index (χ0) is 10.7. The average molecular weight is 209 g/mol. The minimum absolute atomic E-state index is 0.253. The Morgan fingerprint density at radius 1 is 1.53 bits per heavy atom. The Morgan fingerprint density at radius 2 is 2.33 bits per heavy atom. The van der Waals surface area contributed by atoms with Crippen LogP contribution in [0, 0.1) is 0 Å². The van der Waals surface area contributed by atoms with Gasteiger partial charge in [-0.1, -0.05) is 0 Å². The normalized spacial score (nSPS) is 16.2. The van der Waals surface area contributed by atoms with Crippen LogP contribution in [0.1, 0.15) is 38.0 Å². The predicted molar refractivity (Wildman–Crippen MR) is 58.5 cm³/mol. The molecule has 3 heteroatoms. The van der Waals surface area contributed by atoms with E-state index >= 15 is 0 Å². The maximum Gasteiger partial charge on any atom is 0.129 e. The first kappa shape index (κ1) is 10.7. The zero-order valence-electron chi connectivity index (χ0n) is 9.45. The highest BCUT2D eigenvalue weighted by molar-refractivity contribution is 5.12. The lowest BCUT2D eigenvalue weighted by Gasteiger charge is -2.03. The van der Waals surface area contributed by atoms with Crippen molar-refractivity contribution in [2.24, 2.45) is 0 Å². The van der Waals surface area contributed by atoms with Gasteiger partial charge in [0.1, 0.15) is 12.4 Å². The van der Waals surface area contributed by atoms with Crippen molar-refractivity contribution >= 4 is 0 Å². The Kier molecular flexibility index (Phi) is 3.44. The monoisotopic (exact) mass is 209 g/mol. The average Bonchev–Trinajstić information content (AvgIpc) is 2.92. The summed E-state index contributed by atoms with van der Waals surface area (Å²) >= 11 is 0. The number of hydrogen-bond acceptors (Lipinski definition) is 3. The molecule has 1 aliphatic carbocycles. The first-order valence-electron chi connectivity index (χ1n) is 5.65. The third kappa shape index (κ3) is 3.68. The third-order valence-electron chi connectivity index (χ3n) is 2.44. The molecule has 1 saturated carbocycles. The van der Waals surface area contributed by atoms with E-state index in [-0.39, 0.29) is 6.10 Å². The first-order valence-corrected chi connectivity index (χ1v) is 5.65. The van der Waals surface area contributed by atoms with E-state index < -0.39 is 0 Å². The van der Waals surface area contributed by atoms with Crippen LogP contribution < -0.4 is 5.32 Å². The Labute approximate surface area is 90.8 Å². The topological polar surface area (TPSA) is 34.4 Å². The van der Waals surface area contributed by atoms with Crippen molar-refractivity contribution in [1.29, 1.82) is 0 Å².